The van der Waals surface area contributed by atoms with Crippen LogP contribution < -0.4 is 10.6 Å². The third kappa shape index (κ3) is 3.87. The number of aromatic nitrogens is 2. The second-order valence-electron chi connectivity index (χ2n) is 8.80. The van der Waals surface area contributed by atoms with E-state index in [0.717, 1.165) is 48.4 Å². The first-order valence-electron chi connectivity index (χ1n) is 11.2. The van der Waals surface area contributed by atoms with Crippen molar-refractivity contribution in [1.29, 1.82) is 0 Å². The maximum atomic E-state index is 13.2. The minimum Gasteiger partial charge on any atom is -0.340 e. The van der Waals surface area contributed by atoms with E-state index in [-0.39, 0.29) is 17.7 Å². The number of nitrogens with one attached hydrogen (secondary N) is 2. The number of hydrogen-bond donors (Lipinski definition) is 2. The van der Waals surface area contributed by atoms with Gasteiger partial charge >= 0.3 is 0 Å². The van der Waals surface area contributed by atoms with Gasteiger partial charge in [-0.2, -0.15) is 5.10 Å². The molecule has 0 unspecified atom stereocenters. The zero-order valence-corrected chi connectivity index (χ0v) is 18.2. The Kier molecular flexibility index (Phi) is 5.93. The van der Waals surface area contributed by atoms with E-state index in [1.54, 1.807) is 6.07 Å². The van der Waals surface area contributed by atoms with Crippen molar-refractivity contribution in [2.75, 3.05) is 5.32 Å². The monoisotopic (exact) mass is 408 g/mol. The van der Waals surface area contributed by atoms with Crippen molar-refractivity contribution in [3.63, 3.8) is 0 Å². The minimum absolute atomic E-state index is 0.0339. The molecule has 1 fully saturated rings. The molecule has 2 heterocycles. The summed E-state index contributed by atoms with van der Waals surface area (Å²) >= 11 is 0. The van der Waals surface area contributed by atoms with E-state index in [4.69, 9.17) is 5.10 Å². The Morgan fingerprint density at radius 2 is 2.00 bits per heavy atom. The number of aryl methyl sites for hydroxylation is 3. The number of carbonyl (C=O) groups is 2. The number of fused-ring (bicyclic) bond motifs is 1. The maximum absolute atomic E-state index is 13.2. The van der Waals surface area contributed by atoms with Crippen molar-refractivity contribution < 1.29 is 9.59 Å². The highest BCUT2D eigenvalue weighted by molar-refractivity contribution is 6.03. The van der Waals surface area contributed by atoms with Gasteiger partial charge < -0.3 is 10.6 Å². The van der Waals surface area contributed by atoms with Crippen molar-refractivity contribution in [1.82, 2.24) is 15.1 Å². The largest absolute Gasteiger partial charge is 0.340 e. The van der Waals surface area contributed by atoms with Crippen LogP contribution in [0.25, 0.3) is 0 Å². The lowest BCUT2D eigenvalue weighted by Crippen LogP contribution is -2.52. The van der Waals surface area contributed by atoms with Gasteiger partial charge in [0.1, 0.15) is 11.9 Å². The van der Waals surface area contributed by atoms with Crippen LogP contribution in [-0.4, -0.2) is 27.6 Å². The lowest BCUT2D eigenvalue weighted by atomic mass is 9.71. The fourth-order valence-corrected chi connectivity index (χ4v) is 5.19. The highest BCUT2D eigenvalue weighted by Crippen LogP contribution is 2.45. The Morgan fingerprint density at radius 3 is 2.70 bits per heavy atom. The third-order valence-corrected chi connectivity index (χ3v) is 6.55. The molecule has 0 bridgehead atoms. The van der Waals surface area contributed by atoms with Crippen molar-refractivity contribution in [3.8, 4) is 0 Å². The predicted molar refractivity (Wildman–Crippen MR) is 118 cm³/mol. The summed E-state index contributed by atoms with van der Waals surface area (Å²) in [6.07, 6.45) is 6.73. The quantitative estimate of drug-likeness (QED) is 0.773. The summed E-state index contributed by atoms with van der Waals surface area (Å²) < 4.78 is 1.93. The number of anilines is 1. The van der Waals surface area contributed by atoms with Crippen LogP contribution in [0.1, 0.15) is 78.5 Å². The fraction of sp³-hybridized carbons (Fsp3) is 0.542. The molecular weight excluding hydrogens is 376 g/mol. The standard InChI is InChI=1S/C24H32N4O2/c1-4-13-28-22-19(16(3)27-28)20(17-10-6-5-7-11-17)21(24(30)26-22)25-23(29)18-12-8-9-15(2)14-18/h8-9,12,14,17,20-21H,4-7,10-11,13H2,1-3H3,(H,25,29)(H,26,30)/t20-,21-/m0/s1. The second kappa shape index (κ2) is 8.62. The van der Waals surface area contributed by atoms with Gasteiger partial charge in [-0.25, -0.2) is 4.68 Å². The van der Waals surface area contributed by atoms with Gasteiger partial charge in [0.15, 0.2) is 0 Å². The number of amides is 2. The summed E-state index contributed by atoms with van der Waals surface area (Å²) in [5.41, 5.74) is 3.70. The molecule has 30 heavy (non-hydrogen) atoms. The van der Waals surface area contributed by atoms with Gasteiger partial charge in [-0.05, 0) is 51.2 Å². The Morgan fingerprint density at radius 1 is 1.23 bits per heavy atom. The number of carbonyl (C=O) groups excluding carboxylic acids is 2. The molecule has 1 aliphatic heterocycles. The van der Waals surface area contributed by atoms with Crippen molar-refractivity contribution in [2.45, 2.75) is 77.8 Å². The van der Waals surface area contributed by atoms with E-state index in [1.807, 2.05) is 36.7 Å². The Hall–Kier alpha value is -2.63. The molecule has 6 heteroatoms. The molecule has 1 saturated carbocycles. The molecule has 0 radical (unpaired) electrons. The highest BCUT2D eigenvalue weighted by Gasteiger charge is 2.44. The van der Waals surface area contributed by atoms with Gasteiger partial charge in [-0.1, -0.05) is 43.9 Å². The van der Waals surface area contributed by atoms with Crippen LogP contribution in [0.2, 0.25) is 0 Å². The smallest absolute Gasteiger partial charge is 0.251 e. The molecule has 2 aliphatic rings. The van der Waals surface area contributed by atoms with Crippen LogP contribution >= 0.6 is 0 Å². The normalized spacial score (nSPS) is 21.8. The molecule has 4 rings (SSSR count). The van der Waals surface area contributed by atoms with E-state index in [0.29, 0.717) is 11.5 Å². The number of benzene rings is 1. The predicted octanol–water partition coefficient (Wildman–Crippen LogP) is 4.32. The van der Waals surface area contributed by atoms with E-state index in [9.17, 15) is 9.59 Å². The lowest BCUT2D eigenvalue weighted by molar-refractivity contribution is -0.119. The summed E-state index contributed by atoms with van der Waals surface area (Å²) in [7, 11) is 0. The van der Waals surface area contributed by atoms with Gasteiger partial charge in [0.2, 0.25) is 5.91 Å². The average Bonchev–Trinajstić information content (AvgIpc) is 3.04. The summed E-state index contributed by atoms with van der Waals surface area (Å²) in [6, 6.07) is 6.93. The molecule has 2 amide bonds. The zero-order valence-electron chi connectivity index (χ0n) is 18.2. The molecule has 0 spiro atoms. The van der Waals surface area contributed by atoms with Crippen LogP contribution in [0.4, 0.5) is 5.82 Å². The molecule has 6 nitrogen and oxygen atoms in total. The molecule has 2 atom stereocenters. The van der Waals surface area contributed by atoms with Crippen LogP contribution in [0.15, 0.2) is 24.3 Å². The van der Waals surface area contributed by atoms with Gasteiger partial charge in [0.05, 0.1) is 5.69 Å². The number of rotatable bonds is 5. The Labute approximate surface area is 178 Å². The molecule has 2 aromatic rings. The number of hydrogen-bond acceptors (Lipinski definition) is 3. The average molecular weight is 409 g/mol. The van der Waals surface area contributed by atoms with E-state index >= 15 is 0 Å². The Balaban J connectivity index is 1.71. The summed E-state index contributed by atoms with van der Waals surface area (Å²) in [5.74, 6) is 0.853. The van der Waals surface area contributed by atoms with E-state index in [1.165, 1.54) is 19.3 Å². The van der Waals surface area contributed by atoms with Gasteiger partial charge in [0, 0.05) is 23.6 Å². The third-order valence-electron chi connectivity index (χ3n) is 6.55. The fourth-order valence-electron chi connectivity index (χ4n) is 5.19. The van der Waals surface area contributed by atoms with Crippen LogP contribution in [0, 0.1) is 19.8 Å². The van der Waals surface area contributed by atoms with Crippen LogP contribution in [0.5, 0.6) is 0 Å². The summed E-state index contributed by atoms with van der Waals surface area (Å²) in [4.78, 5) is 26.3. The lowest BCUT2D eigenvalue weighted by Gasteiger charge is -2.39. The molecule has 0 saturated heterocycles. The number of nitrogens with zero attached hydrogens (tertiary/aromatic N) is 2. The first kappa shape index (κ1) is 20.6. The van der Waals surface area contributed by atoms with Crippen molar-refractivity contribution in [2.24, 2.45) is 5.92 Å². The molecule has 1 aromatic carbocycles. The van der Waals surface area contributed by atoms with E-state index < -0.39 is 6.04 Å². The van der Waals surface area contributed by atoms with Gasteiger partial charge in [-0.3, -0.25) is 9.59 Å². The Bertz CT molecular complexity index is 943. The minimum atomic E-state index is -0.577. The second-order valence-corrected chi connectivity index (χ2v) is 8.80. The van der Waals surface area contributed by atoms with Crippen molar-refractivity contribution >= 4 is 17.6 Å². The molecule has 2 N–H and O–H groups in total. The molecule has 160 valence electrons. The highest BCUT2D eigenvalue weighted by atomic mass is 16.2. The SMILES string of the molecule is CCCn1nc(C)c2c1NC(=O)[C@@H](NC(=O)c1cccc(C)c1)[C@H]2C1CCCCC1. The zero-order chi connectivity index (χ0) is 21.3. The maximum Gasteiger partial charge on any atom is 0.251 e. The summed E-state index contributed by atoms with van der Waals surface area (Å²) in [5, 5.41) is 10.9. The molecule has 1 aliphatic carbocycles. The van der Waals surface area contributed by atoms with Crippen molar-refractivity contribution in [3.05, 3.63) is 46.6 Å². The van der Waals surface area contributed by atoms with Gasteiger partial charge in [0.25, 0.3) is 5.91 Å². The molecule has 1 aromatic heterocycles. The van der Waals surface area contributed by atoms with E-state index in [2.05, 4.69) is 17.6 Å². The van der Waals surface area contributed by atoms with Crippen LogP contribution in [0.3, 0.4) is 0 Å². The van der Waals surface area contributed by atoms with Gasteiger partial charge in [-0.15, -0.1) is 0 Å². The first-order chi connectivity index (χ1) is 14.5. The summed E-state index contributed by atoms with van der Waals surface area (Å²) in [6.45, 7) is 6.87. The molecular formula is C24H32N4O2. The first-order valence-corrected chi connectivity index (χ1v) is 11.2. The topological polar surface area (TPSA) is 76.0 Å². The van der Waals surface area contributed by atoms with Crippen LogP contribution in [-0.2, 0) is 11.3 Å².